The van der Waals surface area contributed by atoms with E-state index in [0.717, 1.165) is 44.9 Å². The Balaban J connectivity index is 3.31. The van der Waals surface area contributed by atoms with Crippen molar-refractivity contribution in [1.29, 1.82) is 0 Å². The first kappa shape index (κ1) is 83.3. The van der Waals surface area contributed by atoms with Crippen LogP contribution in [0.3, 0.4) is 0 Å². The van der Waals surface area contributed by atoms with Crippen LogP contribution in [0, 0.1) is 0 Å². The molecule has 1 amide bonds. The molecule has 0 aliphatic carbocycles. The van der Waals surface area contributed by atoms with Gasteiger partial charge in [-0.05, 0) is 57.8 Å². The van der Waals surface area contributed by atoms with Crippen molar-refractivity contribution in [3.63, 3.8) is 0 Å². The van der Waals surface area contributed by atoms with Gasteiger partial charge in [-0.2, -0.15) is 0 Å². The quantitative estimate of drug-likeness (QED) is 0.0320. The van der Waals surface area contributed by atoms with Crippen LogP contribution in [-0.4, -0.2) is 47.4 Å². The molecule has 6 heteroatoms. The van der Waals surface area contributed by atoms with E-state index in [9.17, 15) is 19.8 Å². The number of hydrogen-bond donors (Lipinski definition) is 3. The SMILES string of the molecule is CCCCCCCCCCCCCCCCCCCCC(=O)OCCCCCCCCCCCCCCCCC/C=C\C/C=C\CCCCCCCCCCCCCCCCCCCC(=O)NC(CO)C(O)CCCCCCCCCCCCC. The van der Waals surface area contributed by atoms with Gasteiger partial charge in [0.1, 0.15) is 0 Å². The zero-order chi connectivity index (χ0) is 61.3. The molecule has 0 spiro atoms. The minimum absolute atomic E-state index is 0.0256. The van der Waals surface area contributed by atoms with Crippen molar-refractivity contribution < 1.29 is 24.5 Å². The molecule has 6 nitrogen and oxygen atoms in total. The highest BCUT2D eigenvalue weighted by Gasteiger charge is 2.20. The Morgan fingerprint density at radius 2 is 0.588 bits per heavy atom. The third-order valence-electron chi connectivity index (χ3n) is 18.5. The highest BCUT2D eigenvalue weighted by atomic mass is 16.5. The molecule has 504 valence electrons. The lowest BCUT2D eigenvalue weighted by Crippen LogP contribution is -2.45. The number of carbonyl (C=O) groups is 2. The minimum atomic E-state index is -0.660. The maximum Gasteiger partial charge on any atom is 0.305 e. The molecule has 0 aromatic heterocycles. The van der Waals surface area contributed by atoms with Crippen molar-refractivity contribution in [3.05, 3.63) is 24.3 Å². The lowest BCUT2D eigenvalue weighted by atomic mass is 10.0. The molecule has 0 rings (SSSR count). The number of aliphatic hydroxyl groups excluding tert-OH is 2. The average molecular weight is 1200 g/mol. The van der Waals surface area contributed by atoms with Gasteiger partial charge in [-0.15, -0.1) is 0 Å². The molecule has 0 aliphatic rings. The Morgan fingerprint density at radius 1 is 0.329 bits per heavy atom. The van der Waals surface area contributed by atoms with E-state index < -0.39 is 12.1 Å². The zero-order valence-corrected chi connectivity index (χ0v) is 57.9. The largest absolute Gasteiger partial charge is 0.466 e. The minimum Gasteiger partial charge on any atom is -0.466 e. The van der Waals surface area contributed by atoms with Crippen LogP contribution < -0.4 is 5.32 Å². The van der Waals surface area contributed by atoms with Gasteiger partial charge in [-0.1, -0.05) is 398 Å². The zero-order valence-electron chi connectivity index (χ0n) is 57.9. The lowest BCUT2D eigenvalue weighted by Gasteiger charge is -2.22. The van der Waals surface area contributed by atoms with Crippen LogP contribution in [0.5, 0.6) is 0 Å². The smallest absolute Gasteiger partial charge is 0.305 e. The summed E-state index contributed by atoms with van der Waals surface area (Å²) in [5.74, 6) is -0.00501. The van der Waals surface area contributed by atoms with Crippen LogP contribution in [0.25, 0.3) is 0 Å². The van der Waals surface area contributed by atoms with Crippen LogP contribution in [0.15, 0.2) is 24.3 Å². The number of carbonyl (C=O) groups excluding carboxylic acids is 2. The van der Waals surface area contributed by atoms with Crippen LogP contribution in [0.4, 0.5) is 0 Å². The number of nitrogens with one attached hydrogen (secondary N) is 1. The molecule has 0 saturated heterocycles. The summed E-state index contributed by atoms with van der Waals surface area (Å²) in [6.45, 7) is 4.99. The lowest BCUT2D eigenvalue weighted by molar-refractivity contribution is -0.143. The highest BCUT2D eigenvalue weighted by Crippen LogP contribution is 2.20. The van der Waals surface area contributed by atoms with Gasteiger partial charge in [0.25, 0.3) is 0 Å². The van der Waals surface area contributed by atoms with E-state index in [2.05, 4.69) is 43.5 Å². The molecule has 0 saturated carbocycles. The molecule has 0 fully saturated rings. The topological polar surface area (TPSA) is 95.9 Å². The second-order valence-electron chi connectivity index (χ2n) is 27.0. The predicted octanol–water partition coefficient (Wildman–Crippen LogP) is 25.7. The molecule has 0 radical (unpaired) electrons. The number of amides is 1. The molecule has 0 aromatic carbocycles. The predicted molar refractivity (Wildman–Crippen MR) is 375 cm³/mol. The van der Waals surface area contributed by atoms with Gasteiger partial charge in [-0.25, -0.2) is 0 Å². The Hall–Kier alpha value is -1.66. The van der Waals surface area contributed by atoms with E-state index in [4.69, 9.17) is 4.74 Å². The fraction of sp³-hybridized carbons (Fsp3) is 0.924. The first-order valence-corrected chi connectivity index (χ1v) is 39.1. The monoisotopic (exact) mass is 1200 g/mol. The van der Waals surface area contributed by atoms with E-state index in [0.29, 0.717) is 25.9 Å². The summed E-state index contributed by atoms with van der Waals surface area (Å²) >= 11 is 0. The fourth-order valence-electron chi connectivity index (χ4n) is 12.6. The summed E-state index contributed by atoms with van der Waals surface area (Å²) < 4.78 is 5.52. The second-order valence-corrected chi connectivity index (χ2v) is 27.0. The summed E-state index contributed by atoms with van der Waals surface area (Å²) in [4.78, 5) is 24.6. The van der Waals surface area contributed by atoms with E-state index >= 15 is 0 Å². The Labute approximate surface area is 532 Å². The summed E-state index contributed by atoms with van der Waals surface area (Å²) in [7, 11) is 0. The maximum atomic E-state index is 12.5. The summed E-state index contributed by atoms with van der Waals surface area (Å²) in [5.41, 5.74) is 0. The Kier molecular flexibility index (Phi) is 73.3. The van der Waals surface area contributed by atoms with Gasteiger partial charge in [0.2, 0.25) is 5.91 Å². The average Bonchev–Trinajstić information content (AvgIpc) is 3.51. The molecule has 0 heterocycles. The maximum absolute atomic E-state index is 12.5. The standard InChI is InChI=1S/C79H153NO5/c1-3-5-7-9-11-13-15-16-17-18-43-46-49-53-57-61-65-69-73-79(84)85-74-70-66-62-58-54-50-47-44-41-39-37-35-33-31-29-27-25-23-21-19-20-22-24-26-28-30-32-34-36-38-40-42-45-48-52-56-60-64-68-72-78(83)80-76(75-81)77(82)71-67-63-59-55-51-14-12-10-8-6-4-2/h19-20,23,25,76-77,81-82H,3-18,21-22,24,26-75H2,1-2H3,(H,80,83)/b20-19-,25-23-. The van der Waals surface area contributed by atoms with Gasteiger partial charge >= 0.3 is 5.97 Å². The van der Waals surface area contributed by atoms with Gasteiger partial charge < -0.3 is 20.3 Å². The van der Waals surface area contributed by atoms with Gasteiger partial charge in [0.15, 0.2) is 0 Å². The summed E-state index contributed by atoms with van der Waals surface area (Å²) in [6.07, 6.45) is 95.7. The van der Waals surface area contributed by atoms with Crippen LogP contribution in [0.1, 0.15) is 444 Å². The fourth-order valence-corrected chi connectivity index (χ4v) is 12.6. The Morgan fingerprint density at radius 3 is 0.894 bits per heavy atom. The van der Waals surface area contributed by atoms with Crippen molar-refractivity contribution in [2.24, 2.45) is 0 Å². The summed E-state index contributed by atoms with van der Waals surface area (Å²) in [6, 6.07) is -0.537. The molecule has 0 aromatic rings. The third kappa shape index (κ3) is 71.3. The first-order valence-electron chi connectivity index (χ1n) is 39.1. The van der Waals surface area contributed by atoms with E-state index in [1.165, 1.54) is 366 Å². The second kappa shape index (κ2) is 74.8. The number of aliphatic hydroxyl groups is 2. The molecule has 0 aliphatic heterocycles. The van der Waals surface area contributed by atoms with Gasteiger partial charge in [0, 0.05) is 12.8 Å². The van der Waals surface area contributed by atoms with Crippen molar-refractivity contribution in [2.45, 2.75) is 456 Å². The van der Waals surface area contributed by atoms with Crippen LogP contribution in [-0.2, 0) is 14.3 Å². The molecule has 2 atom stereocenters. The van der Waals surface area contributed by atoms with Crippen molar-refractivity contribution >= 4 is 11.9 Å². The Bertz CT molecular complexity index is 1330. The first-order chi connectivity index (χ1) is 42.0. The number of unbranched alkanes of at least 4 members (excludes halogenated alkanes) is 59. The third-order valence-corrected chi connectivity index (χ3v) is 18.5. The molecular weight excluding hydrogens is 1040 g/mol. The number of rotatable bonds is 74. The van der Waals surface area contributed by atoms with Gasteiger partial charge in [-0.3, -0.25) is 9.59 Å². The molecule has 0 bridgehead atoms. The van der Waals surface area contributed by atoms with E-state index in [-0.39, 0.29) is 18.5 Å². The number of esters is 1. The molecule has 3 N–H and O–H groups in total. The molecule has 2 unspecified atom stereocenters. The van der Waals surface area contributed by atoms with Crippen molar-refractivity contribution in [3.8, 4) is 0 Å². The van der Waals surface area contributed by atoms with Crippen molar-refractivity contribution in [2.75, 3.05) is 13.2 Å². The normalized spacial score (nSPS) is 12.6. The van der Waals surface area contributed by atoms with Crippen LogP contribution in [0.2, 0.25) is 0 Å². The molecule has 85 heavy (non-hydrogen) atoms. The van der Waals surface area contributed by atoms with Gasteiger partial charge in [0.05, 0.1) is 25.4 Å². The number of hydrogen-bond acceptors (Lipinski definition) is 5. The number of allylic oxidation sites excluding steroid dienone is 4. The van der Waals surface area contributed by atoms with E-state index in [1.54, 1.807) is 0 Å². The highest BCUT2D eigenvalue weighted by molar-refractivity contribution is 5.76. The van der Waals surface area contributed by atoms with E-state index in [1.807, 2.05) is 0 Å². The van der Waals surface area contributed by atoms with Crippen molar-refractivity contribution in [1.82, 2.24) is 5.32 Å². The van der Waals surface area contributed by atoms with Crippen LogP contribution >= 0.6 is 0 Å². The molecular formula is C79H153NO5. The number of ether oxygens (including phenoxy) is 1. The summed E-state index contributed by atoms with van der Waals surface area (Å²) in [5, 5.41) is 23.2.